The van der Waals surface area contributed by atoms with Gasteiger partial charge in [-0.25, -0.2) is 13.4 Å². The lowest BCUT2D eigenvalue weighted by atomic mass is 9.77. The number of carbonyl (C=O) groups excluding carboxylic acids is 4. The third kappa shape index (κ3) is 8.54. The van der Waals surface area contributed by atoms with Crippen LogP contribution in [0.3, 0.4) is 0 Å². The molecular formula is C41H48N4O9S. The van der Waals surface area contributed by atoms with E-state index >= 15 is 0 Å². The Morgan fingerprint density at radius 1 is 1.09 bits per heavy atom. The van der Waals surface area contributed by atoms with E-state index in [4.69, 9.17) is 19.2 Å². The molecule has 2 aliphatic carbocycles. The molecule has 13 nitrogen and oxygen atoms in total. The van der Waals surface area contributed by atoms with Crippen LogP contribution < -0.4 is 19.5 Å². The minimum atomic E-state index is -3.91. The maximum atomic E-state index is 14.6. The minimum absolute atomic E-state index is 0.0280. The van der Waals surface area contributed by atoms with E-state index in [1.807, 2.05) is 63.2 Å². The number of aromatic nitrogens is 1. The molecule has 3 fully saturated rings. The highest BCUT2D eigenvalue weighted by Gasteiger charge is 2.62. The van der Waals surface area contributed by atoms with E-state index in [9.17, 15) is 27.6 Å². The lowest BCUT2D eigenvalue weighted by Crippen LogP contribution is -2.57. The number of fused-ring (bicyclic) bond motifs is 1. The number of benzene rings is 2. The van der Waals surface area contributed by atoms with E-state index < -0.39 is 73.9 Å². The lowest BCUT2D eigenvalue weighted by molar-refractivity contribution is -0.151. The molecular weight excluding hydrogens is 725 g/mol. The van der Waals surface area contributed by atoms with Crippen molar-refractivity contribution in [1.29, 1.82) is 0 Å². The fourth-order valence-corrected chi connectivity index (χ4v) is 8.46. The van der Waals surface area contributed by atoms with Crippen molar-refractivity contribution in [3.8, 4) is 22.8 Å². The molecule has 3 amide bonds. The van der Waals surface area contributed by atoms with E-state index in [0.29, 0.717) is 40.9 Å². The molecule has 5 atom stereocenters. The van der Waals surface area contributed by atoms with Crippen LogP contribution in [0.2, 0.25) is 0 Å². The highest BCUT2D eigenvalue weighted by molar-refractivity contribution is 7.91. The first kappa shape index (κ1) is 39.5. The van der Waals surface area contributed by atoms with Crippen LogP contribution in [0.15, 0.2) is 79.6 Å². The largest absolute Gasteiger partial charge is 0.497 e. The van der Waals surface area contributed by atoms with E-state index in [1.165, 1.54) is 17.9 Å². The highest BCUT2D eigenvalue weighted by atomic mass is 32.2. The molecule has 1 aromatic heterocycles. The van der Waals surface area contributed by atoms with Crippen LogP contribution in [-0.4, -0.2) is 78.6 Å². The average molecular weight is 773 g/mol. The molecule has 6 rings (SSSR count). The number of nitrogens with zero attached hydrogens (tertiary/aromatic N) is 2. The third-order valence-electron chi connectivity index (χ3n) is 10.4. The monoisotopic (exact) mass is 772 g/mol. The standard InChI is InChI=1S/C41H48N4O9S/c1-8-26-22-41(26,39(49)44-55(50,51)29-15-16-29)43-37(47)34-19-28(23-45(34)38(48)31(40(4,5)6)20-36(46)53-24(2)3)54-35-21-32(25-12-10-9-11-13-25)42-33-18-27(52-7)14-17-30(33)35/h8-14,17-18,21,26,28-29,31,34H,1-2,15-16,19-20,22-23H2,3-7H3,(H,43,47)(H,44,49)/t26?,28-,31-,34+,41?/m1/s1. The Kier molecular flexibility index (Phi) is 10.8. The van der Waals surface area contributed by atoms with Gasteiger partial charge in [0.05, 0.1) is 48.2 Å². The van der Waals surface area contributed by atoms with Crippen LogP contribution in [0.4, 0.5) is 0 Å². The van der Waals surface area contributed by atoms with Crippen molar-refractivity contribution in [3.63, 3.8) is 0 Å². The zero-order chi connectivity index (χ0) is 39.9. The Morgan fingerprint density at radius 3 is 2.40 bits per heavy atom. The summed E-state index contributed by atoms with van der Waals surface area (Å²) in [7, 11) is -2.34. The quantitative estimate of drug-likeness (QED) is 0.128. The van der Waals surface area contributed by atoms with Crippen LogP contribution >= 0.6 is 0 Å². The SMILES string of the molecule is C=CC1CC1(NC(=O)[C@@H]1C[C@@H](Oc2cc(-c3ccccc3)nc3cc(OC)ccc23)CN1C(=O)[C@@H](CC(=O)OC(=C)C)C(C)(C)C)C(=O)NS(=O)(=O)C1CC1. The second-order valence-electron chi connectivity index (χ2n) is 15.7. The molecule has 1 aliphatic heterocycles. The Hall–Kier alpha value is -5.24. The first-order chi connectivity index (χ1) is 25.9. The van der Waals surface area contributed by atoms with E-state index in [-0.39, 0.29) is 31.6 Å². The lowest BCUT2D eigenvalue weighted by Gasteiger charge is -2.34. The number of hydrogen-bond acceptors (Lipinski definition) is 10. The number of allylic oxidation sites excluding steroid dienone is 1. The summed E-state index contributed by atoms with van der Waals surface area (Å²) >= 11 is 0. The number of nitrogens with one attached hydrogen (secondary N) is 2. The number of likely N-dealkylation sites (tertiary alicyclic amines) is 1. The van der Waals surface area contributed by atoms with Gasteiger partial charge in [0, 0.05) is 35.4 Å². The van der Waals surface area contributed by atoms with Crippen molar-refractivity contribution in [2.24, 2.45) is 17.3 Å². The smallest absolute Gasteiger partial charge is 0.311 e. The molecule has 0 radical (unpaired) electrons. The van der Waals surface area contributed by atoms with Crippen molar-refractivity contribution < 1.29 is 41.8 Å². The second-order valence-corrected chi connectivity index (χ2v) is 17.7. The summed E-state index contributed by atoms with van der Waals surface area (Å²) < 4.78 is 45.0. The fourth-order valence-electron chi connectivity index (χ4n) is 7.10. The number of methoxy groups -OCH3 is 1. The van der Waals surface area contributed by atoms with Gasteiger partial charge in [-0.05, 0) is 43.7 Å². The number of pyridine rings is 1. The average Bonchev–Trinajstić information content (AvgIpc) is 4.06. The maximum absolute atomic E-state index is 14.6. The summed E-state index contributed by atoms with van der Waals surface area (Å²) in [6.07, 6.45) is 1.60. The molecule has 14 heteroatoms. The van der Waals surface area contributed by atoms with Crippen LogP contribution in [0.25, 0.3) is 22.2 Å². The molecule has 2 saturated carbocycles. The molecule has 292 valence electrons. The van der Waals surface area contributed by atoms with Crippen molar-refractivity contribution in [3.05, 3.63) is 79.6 Å². The van der Waals surface area contributed by atoms with Crippen molar-refractivity contribution in [2.75, 3.05) is 13.7 Å². The highest BCUT2D eigenvalue weighted by Crippen LogP contribution is 2.46. The number of hydrogen-bond donors (Lipinski definition) is 2. The van der Waals surface area contributed by atoms with Crippen LogP contribution in [-0.2, 0) is 33.9 Å². The zero-order valence-electron chi connectivity index (χ0n) is 31.8. The molecule has 0 bridgehead atoms. The zero-order valence-corrected chi connectivity index (χ0v) is 32.6. The normalized spacial score (nSPS) is 22.6. The summed E-state index contributed by atoms with van der Waals surface area (Å²) in [6.45, 7) is 14.4. The molecule has 2 unspecified atom stereocenters. The number of esters is 1. The minimum Gasteiger partial charge on any atom is -0.497 e. The van der Waals surface area contributed by atoms with Gasteiger partial charge in [0.2, 0.25) is 21.8 Å². The Bertz CT molecular complexity index is 2150. The summed E-state index contributed by atoms with van der Waals surface area (Å²) in [5.74, 6) is -2.80. The topological polar surface area (TPSA) is 170 Å². The molecule has 3 aromatic rings. The van der Waals surface area contributed by atoms with Gasteiger partial charge in [0.1, 0.15) is 29.2 Å². The van der Waals surface area contributed by atoms with Gasteiger partial charge in [-0.3, -0.25) is 23.9 Å². The Morgan fingerprint density at radius 2 is 1.80 bits per heavy atom. The molecule has 3 aliphatic rings. The fraction of sp³-hybridized carbons (Fsp3) is 0.439. The van der Waals surface area contributed by atoms with Crippen molar-refractivity contribution >= 4 is 44.6 Å². The number of sulfonamides is 1. The van der Waals surface area contributed by atoms with Gasteiger partial charge in [-0.2, -0.15) is 0 Å². The maximum Gasteiger partial charge on any atom is 0.311 e. The van der Waals surface area contributed by atoms with E-state index in [1.54, 1.807) is 19.2 Å². The summed E-state index contributed by atoms with van der Waals surface area (Å²) in [5, 5.41) is 2.85. The number of rotatable bonds is 14. The Labute approximate surface area is 321 Å². The van der Waals surface area contributed by atoms with Gasteiger partial charge in [0.25, 0.3) is 5.91 Å². The van der Waals surface area contributed by atoms with Gasteiger partial charge in [-0.15, -0.1) is 6.58 Å². The molecule has 2 N–H and O–H groups in total. The van der Waals surface area contributed by atoms with Gasteiger partial charge < -0.3 is 24.4 Å². The van der Waals surface area contributed by atoms with Crippen molar-refractivity contribution in [2.45, 2.75) is 82.7 Å². The molecule has 2 heterocycles. The van der Waals surface area contributed by atoms with Gasteiger partial charge >= 0.3 is 5.97 Å². The Balaban J connectivity index is 1.34. The van der Waals surface area contributed by atoms with Crippen LogP contribution in [0.1, 0.15) is 59.8 Å². The predicted molar refractivity (Wildman–Crippen MR) is 206 cm³/mol. The van der Waals surface area contributed by atoms with Crippen molar-refractivity contribution in [1.82, 2.24) is 19.9 Å². The third-order valence-corrected chi connectivity index (χ3v) is 12.3. The summed E-state index contributed by atoms with van der Waals surface area (Å²) in [4.78, 5) is 61.7. The number of carbonyl (C=O) groups is 4. The molecule has 2 aromatic carbocycles. The van der Waals surface area contributed by atoms with Crippen LogP contribution in [0, 0.1) is 17.3 Å². The number of ether oxygens (including phenoxy) is 3. The van der Waals surface area contributed by atoms with E-state index in [2.05, 4.69) is 23.2 Å². The van der Waals surface area contributed by atoms with E-state index in [0.717, 1.165) is 5.56 Å². The first-order valence-corrected chi connectivity index (χ1v) is 19.9. The van der Waals surface area contributed by atoms with Gasteiger partial charge in [-0.1, -0.05) is 63.8 Å². The first-order valence-electron chi connectivity index (χ1n) is 18.3. The number of amides is 3. The molecule has 1 saturated heterocycles. The van der Waals surface area contributed by atoms with Gasteiger partial charge in [0.15, 0.2) is 0 Å². The molecule has 0 spiro atoms. The second kappa shape index (κ2) is 15.1. The summed E-state index contributed by atoms with van der Waals surface area (Å²) in [6, 6.07) is 15.7. The molecule has 55 heavy (non-hydrogen) atoms. The summed E-state index contributed by atoms with van der Waals surface area (Å²) in [5.41, 5.74) is -0.204. The van der Waals surface area contributed by atoms with Crippen LogP contribution in [0.5, 0.6) is 11.5 Å². The predicted octanol–water partition coefficient (Wildman–Crippen LogP) is 5.06.